The van der Waals surface area contributed by atoms with E-state index in [4.69, 9.17) is 10.5 Å². The van der Waals surface area contributed by atoms with E-state index in [1.54, 1.807) is 0 Å². The second kappa shape index (κ2) is 5.49. The van der Waals surface area contributed by atoms with Gasteiger partial charge in [-0.1, -0.05) is 48.8 Å². The summed E-state index contributed by atoms with van der Waals surface area (Å²) in [7, 11) is 0. The predicted molar refractivity (Wildman–Crippen MR) is 88.5 cm³/mol. The van der Waals surface area contributed by atoms with Gasteiger partial charge in [0.05, 0.1) is 5.69 Å². The Balaban J connectivity index is 2.30. The molecule has 0 amide bonds. The molecule has 2 nitrogen and oxygen atoms in total. The van der Waals surface area contributed by atoms with Crippen molar-refractivity contribution in [2.75, 3.05) is 5.73 Å². The third-order valence-electron chi connectivity index (χ3n) is 3.23. The molecule has 0 aliphatic rings. The van der Waals surface area contributed by atoms with Crippen LogP contribution in [0.5, 0.6) is 11.5 Å². The van der Waals surface area contributed by atoms with Crippen LogP contribution in [-0.4, -0.2) is 0 Å². The standard InChI is InChI=1S/C17H20BrNO/c1-11-9-12(17(2,3)4)5-7-15(11)20-16-8-6-13(18)10-14(16)19/h5-10H,19H2,1-4H3. The summed E-state index contributed by atoms with van der Waals surface area (Å²) in [6.45, 7) is 8.67. The molecule has 0 bridgehead atoms. The third kappa shape index (κ3) is 3.34. The lowest BCUT2D eigenvalue weighted by atomic mass is 9.86. The number of benzene rings is 2. The lowest BCUT2D eigenvalue weighted by Gasteiger charge is -2.20. The lowest BCUT2D eigenvalue weighted by molar-refractivity contribution is 0.479. The molecule has 2 aromatic carbocycles. The monoisotopic (exact) mass is 333 g/mol. The quantitative estimate of drug-likeness (QED) is 0.743. The third-order valence-corrected chi connectivity index (χ3v) is 3.73. The minimum atomic E-state index is 0.139. The van der Waals surface area contributed by atoms with Crippen molar-refractivity contribution in [1.82, 2.24) is 0 Å². The Morgan fingerprint density at radius 3 is 2.20 bits per heavy atom. The first-order valence-electron chi connectivity index (χ1n) is 6.61. The summed E-state index contributed by atoms with van der Waals surface area (Å²) in [5.74, 6) is 1.52. The zero-order chi connectivity index (χ0) is 14.9. The van der Waals surface area contributed by atoms with Gasteiger partial charge in [0.25, 0.3) is 0 Å². The van der Waals surface area contributed by atoms with Gasteiger partial charge in [0.1, 0.15) is 11.5 Å². The van der Waals surface area contributed by atoms with Gasteiger partial charge in [0.15, 0.2) is 0 Å². The number of hydrogen-bond acceptors (Lipinski definition) is 2. The highest BCUT2D eigenvalue weighted by atomic mass is 79.9. The number of nitrogen functional groups attached to an aromatic ring is 1. The second-order valence-electron chi connectivity index (χ2n) is 6.01. The summed E-state index contributed by atoms with van der Waals surface area (Å²) in [5.41, 5.74) is 9.13. The number of rotatable bonds is 2. The smallest absolute Gasteiger partial charge is 0.150 e. The molecule has 0 saturated heterocycles. The minimum Gasteiger partial charge on any atom is -0.455 e. The fourth-order valence-electron chi connectivity index (χ4n) is 1.96. The summed E-state index contributed by atoms with van der Waals surface area (Å²) >= 11 is 3.39. The van der Waals surface area contributed by atoms with Crippen LogP contribution in [0, 0.1) is 6.92 Å². The first kappa shape index (κ1) is 14.9. The van der Waals surface area contributed by atoms with Gasteiger partial charge >= 0.3 is 0 Å². The van der Waals surface area contributed by atoms with Crippen molar-refractivity contribution in [1.29, 1.82) is 0 Å². The molecule has 0 radical (unpaired) electrons. The van der Waals surface area contributed by atoms with Crippen molar-refractivity contribution in [2.45, 2.75) is 33.1 Å². The van der Waals surface area contributed by atoms with E-state index >= 15 is 0 Å². The average Bonchev–Trinajstić information content (AvgIpc) is 2.33. The molecule has 20 heavy (non-hydrogen) atoms. The highest BCUT2D eigenvalue weighted by Gasteiger charge is 2.15. The van der Waals surface area contributed by atoms with E-state index in [0.717, 1.165) is 15.8 Å². The molecule has 0 heterocycles. The summed E-state index contributed by atoms with van der Waals surface area (Å²) in [5, 5.41) is 0. The molecule has 0 aliphatic heterocycles. The van der Waals surface area contributed by atoms with E-state index in [1.165, 1.54) is 5.56 Å². The molecule has 0 spiro atoms. The topological polar surface area (TPSA) is 35.2 Å². The number of nitrogens with two attached hydrogens (primary N) is 1. The summed E-state index contributed by atoms with van der Waals surface area (Å²) in [6.07, 6.45) is 0. The summed E-state index contributed by atoms with van der Waals surface area (Å²) < 4.78 is 6.86. The Hall–Kier alpha value is -1.48. The largest absolute Gasteiger partial charge is 0.455 e. The van der Waals surface area contributed by atoms with Gasteiger partial charge in [-0.05, 0) is 47.7 Å². The molecule has 2 N–H and O–H groups in total. The molecular weight excluding hydrogens is 314 g/mol. The molecule has 0 fully saturated rings. The Kier molecular flexibility index (Phi) is 4.09. The highest BCUT2D eigenvalue weighted by Crippen LogP contribution is 2.33. The van der Waals surface area contributed by atoms with Crippen LogP contribution in [0.25, 0.3) is 0 Å². The number of halogens is 1. The van der Waals surface area contributed by atoms with E-state index in [0.29, 0.717) is 11.4 Å². The van der Waals surface area contributed by atoms with E-state index in [2.05, 4.69) is 55.8 Å². The maximum absolute atomic E-state index is 5.96. The van der Waals surface area contributed by atoms with Crippen LogP contribution in [0.3, 0.4) is 0 Å². The Morgan fingerprint density at radius 1 is 1.00 bits per heavy atom. The van der Waals surface area contributed by atoms with E-state index in [9.17, 15) is 0 Å². The van der Waals surface area contributed by atoms with Crippen LogP contribution < -0.4 is 10.5 Å². The van der Waals surface area contributed by atoms with Gasteiger partial charge in [0, 0.05) is 4.47 Å². The normalized spacial score (nSPS) is 11.4. The zero-order valence-corrected chi connectivity index (χ0v) is 13.9. The van der Waals surface area contributed by atoms with Crippen molar-refractivity contribution in [3.05, 3.63) is 52.0 Å². The van der Waals surface area contributed by atoms with Crippen molar-refractivity contribution in [3.8, 4) is 11.5 Å². The van der Waals surface area contributed by atoms with Crippen LogP contribution in [0.1, 0.15) is 31.9 Å². The number of ether oxygens (including phenoxy) is 1. The minimum absolute atomic E-state index is 0.139. The molecule has 0 unspecified atom stereocenters. The van der Waals surface area contributed by atoms with Crippen molar-refractivity contribution >= 4 is 21.6 Å². The lowest BCUT2D eigenvalue weighted by Crippen LogP contribution is -2.11. The van der Waals surface area contributed by atoms with Crippen molar-refractivity contribution in [3.63, 3.8) is 0 Å². The van der Waals surface area contributed by atoms with Gasteiger partial charge in [-0.25, -0.2) is 0 Å². The molecule has 2 aromatic rings. The first-order chi connectivity index (χ1) is 9.27. The molecule has 3 heteroatoms. The fourth-order valence-corrected chi connectivity index (χ4v) is 2.34. The van der Waals surface area contributed by atoms with E-state index < -0.39 is 0 Å². The van der Waals surface area contributed by atoms with Crippen LogP contribution in [0.2, 0.25) is 0 Å². The Morgan fingerprint density at radius 2 is 1.65 bits per heavy atom. The number of anilines is 1. The zero-order valence-electron chi connectivity index (χ0n) is 12.3. The fraction of sp³-hybridized carbons (Fsp3) is 0.294. The van der Waals surface area contributed by atoms with E-state index in [1.807, 2.05) is 24.3 Å². The van der Waals surface area contributed by atoms with Crippen LogP contribution in [0.15, 0.2) is 40.9 Å². The SMILES string of the molecule is Cc1cc(C(C)(C)C)ccc1Oc1ccc(Br)cc1N. The maximum Gasteiger partial charge on any atom is 0.150 e. The highest BCUT2D eigenvalue weighted by molar-refractivity contribution is 9.10. The van der Waals surface area contributed by atoms with E-state index in [-0.39, 0.29) is 5.41 Å². The second-order valence-corrected chi connectivity index (χ2v) is 6.93. The van der Waals surface area contributed by atoms with Crippen molar-refractivity contribution < 1.29 is 4.74 Å². The Labute approximate surface area is 129 Å². The van der Waals surface area contributed by atoms with Gasteiger partial charge in [-0.2, -0.15) is 0 Å². The molecular formula is C17H20BrNO. The van der Waals surface area contributed by atoms with Crippen LogP contribution in [0.4, 0.5) is 5.69 Å². The van der Waals surface area contributed by atoms with Gasteiger partial charge in [0.2, 0.25) is 0 Å². The average molecular weight is 334 g/mol. The molecule has 0 atom stereocenters. The van der Waals surface area contributed by atoms with Crippen LogP contribution >= 0.6 is 15.9 Å². The Bertz CT molecular complexity index is 629. The summed E-state index contributed by atoms with van der Waals surface area (Å²) in [4.78, 5) is 0. The maximum atomic E-state index is 5.96. The molecule has 106 valence electrons. The van der Waals surface area contributed by atoms with Gasteiger partial charge in [-0.3, -0.25) is 0 Å². The molecule has 0 saturated carbocycles. The van der Waals surface area contributed by atoms with Crippen LogP contribution in [-0.2, 0) is 5.41 Å². The molecule has 0 aliphatic carbocycles. The predicted octanol–water partition coefficient (Wildman–Crippen LogP) is 5.43. The summed E-state index contributed by atoms with van der Waals surface area (Å²) in [6, 6.07) is 11.9. The first-order valence-corrected chi connectivity index (χ1v) is 7.40. The number of hydrogen-bond donors (Lipinski definition) is 1. The van der Waals surface area contributed by atoms with Crippen molar-refractivity contribution in [2.24, 2.45) is 0 Å². The molecule has 0 aromatic heterocycles. The van der Waals surface area contributed by atoms with Gasteiger partial charge in [-0.15, -0.1) is 0 Å². The number of aryl methyl sites for hydroxylation is 1. The molecule has 2 rings (SSSR count). The van der Waals surface area contributed by atoms with Gasteiger partial charge < -0.3 is 10.5 Å².